The Balaban J connectivity index is 1.61. The molecule has 0 radical (unpaired) electrons. The van der Waals surface area contributed by atoms with E-state index in [0.29, 0.717) is 12.2 Å². The predicted octanol–water partition coefficient (Wildman–Crippen LogP) is 3.59. The Morgan fingerprint density at radius 3 is 2.69 bits per heavy atom. The number of fused-ring (bicyclic) bond motifs is 2. The van der Waals surface area contributed by atoms with E-state index in [2.05, 4.69) is 29.6 Å². The molecule has 1 aliphatic heterocycles. The molecule has 132 valence electrons. The van der Waals surface area contributed by atoms with Gasteiger partial charge < -0.3 is 15.8 Å². The lowest BCUT2D eigenvalue weighted by atomic mass is 9.97. The highest BCUT2D eigenvalue weighted by Crippen LogP contribution is 2.27. The van der Waals surface area contributed by atoms with Gasteiger partial charge in [-0.2, -0.15) is 0 Å². The monoisotopic (exact) mass is 346 g/mol. The second-order valence-corrected chi connectivity index (χ2v) is 6.84. The van der Waals surface area contributed by atoms with Gasteiger partial charge in [0.2, 0.25) is 0 Å². The lowest BCUT2D eigenvalue weighted by Gasteiger charge is -2.23. The Hall–Kier alpha value is -2.85. The van der Waals surface area contributed by atoms with Crippen LogP contribution >= 0.6 is 0 Å². The highest BCUT2D eigenvalue weighted by Gasteiger charge is 2.21. The molecule has 4 nitrogen and oxygen atoms in total. The van der Waals surface area contributed by atoms with Crippen LogP contribution in [0.15, 0.2) is 60.7 Å². The number of benzene rings is 3. The van der Waals surface area contributed by atoms with Gasteiger partial charge in [0.05, 0.1) is 12.6 Å². The number of ether oxygens (including phenoxy) is 1. The van der Waals surface area contributed by atoms with Crippen molar-refractivity contribution in [3.63, 3.8) is 0 Å². The fourth-order valence-corrected chi connectivity index (χ4v) is 3.45. The number of carbonyl (C=O) groups excluding carboxylic acids is 1. The van der Waals surface area contributed by atoms with E-state index in [1.165, 1.54) is 5.39 Å². The smallest absolute Gasteiger partial charge is 0.251 e. The minimum atomic E-state index is -0.263. The minimum absolute atomic E-state index is 0.140. The molecule has 2 unspecified atom stereocenters. The first-order chi connectivity index (χ1) is 12.6. The molecule has 3 aromatic carbocycles. The van der Waals surface area contributed by atoms with E-state index < -0.39 is 0 Å². The van der Waals surface area contributed by atoms with Gasteiger partial charge in [-0.25, -0.2) is 0 Å². The van der Waals surface area contributed by atoms with Crippen molar-refractivity contribution in [1.82, 2.24) is 5.32 Å². The molecule has 3 aromatic rings. The van der Waals surface area contributed by atoms with Crippen LogP contribution in [0.1, 0.15) is 34.5 Å². The summed E-state index contributed by atoms with van der Waals surface area (Å²) >= 11 is 0. The van der Waals surface area contributed by atoms with E-state index in [4.69, 9.17) is 10.5 Å². The van der Waals surface area contributed by atoms with Crippen molar-refractivity contribution in [2.24, 2.45) is 5.73 Å². The lowest BCUT2D eigenvalue weighted by molar-refractivity contribution is 0.0931. The summed E-state index contributed by atoms with van der Waals surface area (Å²) in [5.41, 5.74) is 8.94. The lowest BCUT2D eigenvalue weighted by Crippen LogP contribution is -2.39. The molecule has 0 aliphatic carbocycles. The number of hydrogen-bond acceptors (Lipinski definition) is 3. The maximum absolute atomic E-state index is 12.8. The Labute approximate surface area is 153 Å². The number of nitrogens with one attached hydrogen (secondary N) is 1. The van der Waals surface area contributed by atoms with Crippen molar-refractivity contribution in [3.8, 4) is 5.75 Å². The normalized spacial score (nSPS) is 15.2. The van der Waals surface area contributed by atoms with Crippen LogP contribution in [0.25, 0.3) is 10.8 Å². The van der Waals surface area contributed by atoms with Crippen molar-refractivity contribution >= 4 is 16.7 Å². The standard InChI is InChI=1S/C22H22N2O2/c1-14(23)21(18-8-6-15-4-2-3-5-17(15)12-18)24-22(25)19-9-7-16-10-11-26-20(16)13-19/h2-9,12-14,21H,10-11,23H2,1H3,(H,24,25). The number of amides is 1. The van der Waals surface area contributed by atoms with Crippen LogP contribution in [0.3, 0.4) is 0 Å². The third-order valence-corrected chi connectivity index (χ3v) is 4.90. The van der Waals surface area contributed by atoms with Crippen molar-refractivity contribution in [2.45, 2.75) is 25.4 Å². The van der Waals surface area contributed by atoms with E-state index >= 15 is 0 Å². The molecular formula is C22H22N2O2. The molecule has 0 saturated carbocycles. The van der Waals surface area contributed by atoms with Gasteiger partial charge in [-0.05, 0) is 47.0 Å². The molecule has 26 heavy (non-hydrogen) atoms. The number of hydrogen-bond donors (Lipinski definition) is 2. The summed E-state index contributed by atoms with van der Waals surface area (Å²) in [6.07, 6.45) is 0.900. The quantitative estimate of drug-likeness (QED) is 0.759. The summed E-state index contributed by atoms with van der Waals surface area (Å²) < 4.78 is 5.57. The van der Waals surface area contributed by atoms with Crippen LogP contribution in [0, 0.1) is 0 Å². The summed E-state index contributed by atoms with van der Waals surface area (Å²) in [7, 11) is 0. The molecular weight excluding hydrogens is 324 g/mol. The first kappa shape index (κ1) is 16.6. The maximum Gasteiger partial charge on any atom is 0.251 e. The Morgan fingerprint density at radius 2 is 1.88 bits per heavy atom. The molecule has 1 aliphatic rings. The molecule has 4 heteroatoms. The van der Waals surface area contributed by atoms with Crippen LogP contribution in [-0.2, 0) is 6.42 Å². The topological polar surface area (TPSA) is 64.3 Å². The van der Waals surface area contributed by atoms with Crippen LogP contribution in [-0.4, -0.2) is 18.6 Å². The zero-order valence-electron chi connectivity index (χ0n) is 14.7. The van der Waals surface area contributed by atoms with Gasteiger partial charge in [-0.1, -0.05) is 42.5 Å². The van der Waals surface area contributed by atoms with Gasteiger partial charge in [0, 0.05) is 18.0 Å². The predicted molar refractivity (Wildman–Crippen MR) is 103 cm³/mol. The molecule has 0 aromatic heterocycles. The molecule has 1 amide bonds. The van der Waals surface area contributed by atoms with Gasteiger partial charge in [0.15, 0.2) is 0 Å². The summed E-state index contributed by atoms with van der Waals surface area (Å²) in [5.74, 6) is 0.666. The third-order valence-electron chi connectivity index (χ3n) is 4.90. The molecule has 2 atom stereocenters. The average Bonchev–Trinajstić information content (AvgIpc) is 3.13. The van der Waals surface area contributed by atoms with E-state index in [1.54, 1.807) is 0 Å². The van der Waals surface area contributed by atoms with Gasteiger partial charge in [-0.3, -0.25) is 4.79 Å². The van der Waals surface area contributed by atoms with E-state index in [1.807, 2.05) is 43.3 Å². The number of rotatable bonds is 4. The molecule has 1 heterocycles. The largest absolute Gasteiger partial charge is 0.493 e. The summed E-state index contributed by atoms with van der Waals surface area (Å²) in [6.45, 7) is 2.59. The third kappa shape index (κ3) is 3.16. The molecule has 0 fully saturated rings. The second-order valence-electron chi connectivity index (χ2n) is 6.84. The number of nitrogens with two attached hydrogens (primary N) is 1. The van der Waals surface area contributed by atoms with Crippen molar-refractivity contribution in [1.29, 1.82) is 0 Å². The van der Waals surface area contributed by atoms with Crippen LogP contribution < -0.4 is 15.8 Å². The van der Waals surface area contributed by atoms with Gasteiger partial charge in [0.1, 0.15) is 5.75 Å². The Bertz CT molecular complexity index is 965. The Morgan fingerprint density at radius 1 is 1.08 bits per heavy atom. The molecule has 0 saturated heterocycles. The van der Waals surface area contributed by atoms with Crippen molar-refractivity contribution in [3.05, 3.63) is 77.4 Å². The molecule has 0 bridgehead atoms. The van der Waals surface area contributed by atoms with E-state index in [0.717, 1.165) is 28.7 Å². The summed E-state index contributed by atoms with van der Waals surface area (Å²) in [4.78, 5) is 12.8. The average molecular weight is 346 g/mol. The fourth-order valence-electron chi connectivity index (χ4n) is 3.45. The van der Waals surface area contributed by atoms with Crippen LogP contribution in [0.5, 0.6) is 5.75 Å². The van der Waals surface area contributed by atoms with Crippen LogP contribution in [0.4, 0.5) is 0 Å². The fraction of sp³-hybridized carbons (Fsp3) is 0.227. The molecule has 3 N–H and O–H groups in total. The van der Waals surface area contributed by atoms with Crippen LogP contribution in [0.2, 0.25) is 0 Å². The van der Waals surface area contributed by atoms with E-state index in [9.17, 15) is 4.79 Å². The summed E-state index contributed by atoms with van der Waals surface area (Å²) in [5, 5.41) is 5.39. The SMILES string of the molecule is CC(N)C(NC(=O)c1ccc2c(c1)OCC2)c1ccc2ccccc2c1. The zero-order chi connectivity index (χ0) is 18.1. The highest BCUT2D eigenvalue weighted by molar-refractivity contribution is 5.95. The van der Waals surface area contributed by atoms with Gasteiger partial charge >= 0.3 is 0 Å². The Kier molecular flexibility index (Phi) is 4.35. The number of carbonyl (C=O) groups is 1. The highest BCUT2D eigenvalue weighted by atomic mass is 16.5. The zero-order valence-corrected chi connectivity index (χ0v) is 14.7. The maximum atomic E-state index is 12.8. The molecule has 4 rings (SSSR count). The van der Waals surface area contributed by atoms with Crippen molar-refractivity contribution in [2.75, 3.05) is 6.61 Å². The first-order valence-electron chi connectivity index (χ1n) is 8.93. The summed E-state index contributed by atoms with van der Waals surface area (Å²) in [6, 6.07) is 19.5. The first-order valence-corrected chi connectivity index (χ1v) is 8.93. The van der Waals surface area contributed by atoms with Gasteiger partial charge in [-0.15, -0.1) is 0 Å². The molecule has 0 spiro atoms. The van der Waals surface area contributed by atoms with E-state index in [-0.39, 0.29) is 18.0 Å². The second kappa shape index (κ2) is 6.81. The minimum Gasteiger partial charge on any atom is -0.493 e. The van der Waals surface area contributed by atoms with Gasteiger partial charge in [0.25, 0.3) is 5.91 Å². The van der Waals surface area contributed by atoms with Crippen molar-refractivity contribution < 1.29 is 9.53 Å².